The average molecular weight is 1730 g/mol. The van der Waals surface area contributed by atoms with Gasteiger partial charge in [0.1, 0.15) is 64.3 Å². The van der Waals surface area contributed by atoms with Gasteiger partial charge in [0.2, 0.25) is 0 Å². The third-order valence-electron chi connectivity index (χ3n) is 19.5. The Labute approximate surface area is 682 Å². The molecule has 4 heterocycles. The molecule has 0 amide bonds. The molecule has 0 bridgehead atoms. The third-order valence-corrected chi connectivity index (χ3v) is 21.2. The Morgan fingerprint density at radius 1 is 0.400 bits per heavy atom. The molecule has 0 unspecified atom stereocenters. The van der Waals surface area contributed by atoms with Gasteiger partial charge in [0.15, 0.2) is 5.78 Å². The highest BCUT2D eigenvalue weighted by molar-refractivity contribution is 14.1. The number of rotatable bonds is 18. The number of phenolic OH excluding ortho intramolecular Hbond substituents is 1. The summed E-state index contributed by atoms with van der Waals surface area (Å²) in [5.41, 5.74) is 16.7. The van der Waals surface area contributed by atoms with Crippen molar-refractivity contribution in [1.82, 2.24) is 19.6 Å². The van der Waals surface area contributed by atoms with Gasteiger partial charge < -0.3 is 68.7 Å². The van der Waals surface area contributed by atoms with Gasteiger partial charge in [0.25, 0.3) is 5.24 Å². The number of halogens is 3. The van der Waals surface area contributed by atoms with Crippen molar-refractivity contribution in [3.63, 3.8) is 0 Å². The van der Waals surface area contributed by atoms with Crippen molar-refractivity contribution in [2.24, 2.45) is 0 Å². The van der Waals surface area contributed by atoms with E-state index in [4.69, 9.17) is 60.7 Å². The lowest BCUT2D eigenvalue weighted by atomic mass is 9.96. The molecule has 19 heteroatoms. The zero-order valence-electron chi connectivity index (χ0n) is 64.3. The first-order valence-electron chi connectivity index (χ1n) is 37.4. The number of Topliss-reactive ketones (excluding diaryl/α,β-unsaturated/α-hetero) is 1. The highest BCUT2D eigenvalue weighted by atomic mass is 127. The minimum absolute atomic E-state index is 0.0220. The molecule has 110 heavy (non-hydrogen) atoms. The fourth-order valence-electron chi connectivity index (χ4n) is 12.8. The van der Waals surface area contributed by atoms with Crippen molar-refractivity contribution in [1.29, 1.82) is 0 Å². The van der Waals surface area contributed by atoms with Crippen molar-refractivity contribution >= 4 is 73.5 Å². The van der Waals surface area contributed by atoms with E-state index in [1.54, 1.807) is 58.8 Å². The van der Waals surface area contributed by atoms with Crippen LogP contribution in [0.25, 0.3) is 44.5 Å². The SMILES string of the molecule is CN1CCC(O)CC1.CN1CCC(Oc2ccc(-c3ccc(N)cc3)cc2)CC1.CN1CCC(Oc2ccc(I)cc2)CC1.COc1cccc(-c2cc(C(=O)Cc3ccc(-c4ccc(OC5CCN(C)CC5)cc4)cc3)ccc2OC)c1.COc1cccc(-c2cc(C(=O)Cl)ccc2OC)c1.Oc1ccc(I)cc1. The molecule has 580 valence electrons. The molecule has 4 N–H and O–H groups in total. The summed E-state index contributed by atoms with van der Waals surface area (Å²) >= 11 is 10.0. The van der Waals surface area contributed by atoms with E-state index in [-0.39, 0.29) is 11.9 Å². The van der Waals surface area contributed by atoms with E-state index in [9.17, 15) is 9.59 Å². The maximum atomic E-state index is 13.2. The average Bonchev–Trinajstić information content (AvgIpc) is 0.813. The van der Waals surface area contributed by atoms with Crippen LogP contribution in [0.5, 0.6) is 46.0 Å². The number of nitrogens with zero attached hydrogens (tertiary/aromatic N) is 4. The number of piperidine rings is 4. The van der Waals surface area contributed by atoms with Crippen LogP contribution < -0.4 is 38.9 Å². The van der Waals surface area contributed by atoms with E-state index >= 15 is 0 Å². The monoisotopic (exact) mass is 1730 g/mol. The second-order valence-electron chi connectivity index (χ2n) is 27.9. The second-order valence-corrected chi connectivity index (χ2v) is 30.7. The lowest BCUT2D eigenvalue weighted by Gasteiger charge is -2.29. The van der Waals surface area contributed by atoms with E-state index in [1.807, 2.05) is 115 Å². The van der Waals surface area contributed by atoms with Crippen LogP contribution in [0, 0.1) is 7.14 Å². The fourth-order valence-corrected chi connectivity index (χ4v) is 13.6. The number of hydrogen-bond acceptors (Lipinski definition) is 16. The summed E-state index contributed by atoms with van der Waals surface area (Å²) < 4.78 is 42.0. The van der Waals surface area contributed by atoms with E-state index < -0.39 is 5.24 Å². The maximum Gasteiger partial charge on any atom is 0.252 e. The smallest absolute Gasteiger partial charge is 0.252 e. The van der Waals surface area contributed by atoms with E-state index in [0.717, 1.165) is 181 Å². The number of nitrogen functional groups attached to an aromatic ring is 1. The predicted octanol–water partition coefficient (Wildman–Crippen LogP) is 18.9. The Kier molecular flexibility index (Phi) is 34.4. The predicted molar refractivity (Wildman–Crippen MR) is 463 cm³/mol. The largest absolute Gasteiger partial charge is 0.508 e. The van der Waals surface area contributed by atoms with Crippen molar-refractivity contribution in [3.05, 3.63) is 254 Å². The lowest BCUT2D eigenvalue weighted by Crippen LogP contribution is -2.35. The van der Waals surface area contributed by atoms with Gasteiger partial charge in [-0.05, 0) is 321 Å². The molecule has 0 radical (unpaired) electrons. The molecule has 0 saturated carbocycles. The summed E-state index contributed by atoms with van der Waals surface area (Å²) in [5.74, 6) is 6.15. The van der Waals surface area contributed by atoms with E-state index in [1.165, 1.54) is 14.7 Å². The van der Waals surface area contributed by atoms with Crippen LogP contribution in [0.2, 0.25) is 0 Å². The van der Waals surface area contributed by atoms with Gasteiger partial charge >= 0.3 is 0 Å². The molecule has 0 atom stereocenters. The minimum atomic E-state index is -0.494. The summed E-state index contributed by atoms with van der Waals surface area (Å²) in [7, 11) is 15.0. The number of nitrogens with two attached hydrogens (primary N) is 1. The molecule has 4 fully saturated rings. The number of methoxy groups -OCH3 is 4. The fraction of sp³-hybridized carbons (Fsp3) is 0.319. The minimum Gasteiger partial charge on any atom is -0.508 e. The number of phenols is 1. The van der Waals surface area contributed by atoms with Crippen LogP contribution in [-0.4, -0.2) is 174 Å². The molecule has 0 aliphatic carbocycles. The van der Waals surface area contributed by atoms with Crippen LogP contribution in [0.15, 0.2) is 231 Å². The Morgan fingerprint density at radius 3 is 1.09 bits per heavy atom. The summed E-state index contributed by atoms with van der Waals surface area (Å²) in [6, 6.07) is 74.1. The van der Waals surface area contributed by atoms with Gasteiger partial charge in [-0.25, -0.2) is 0 Å². The zero-order valence-corrected chi connectivity index (χ0v) is 69.4. The number of aliphatic hydroxyl groups excluding tert-OH is 1. The first-order valence-corrected chi connectivity index (χ1v) is 39.9. The summed E-state index contributed by atoms with van der Waals surface area (Å²) in [5, 5.41) is 17.3. The van der Waals surface area contributed by atoms with Gasteiger partial charge in [-0.1, -0.05) is 84.9 Å². The van der Waals surface area contributed by atoms with Gasteiger partial charge in [0.05, 0.1) is 34.5 Å². The number of aliphatic hydroxyl groups is 1. The number of hydrogen-bond donors (Lipinski definition) is 3. The van der Waals surface area contributed by atoms with E-state index in [2.05, 4.69) is 178 Å². The third kappa shape index (κ3) is 27.9. The zero-order chi connectivity index (χ0) is 78.3. The molecule has 4 saturated heterocycles. The van der Waals surface area contributed by atoms with Crippen LogP contribution in [0.4, 0.5) is 5.69 Å². The van der Waals surface area contributed by atoms with Crippen LogP contribution in [-0.2, 0) is 6.42 Å². The quantitative estimate of drug-likeness (QED) is 0.0319. The highest BCUT2D eigenvalue weighted by Crippen LogP contribution is 2.36. The topological polar surface area (TPSA) is 178 Å². The molecule has 10 aromatic rings. The number of ketones is 1. The van der Waals surface area contributed by atoms with Crippen LogP contribution in [0.3, 0.4) is 0 Å². The molecule has 16 nitrogen and oxygen atoms in total. The van der Waals surface area contributed by atoms with Gasteiger partial charge in [-0.15, -0.1) is 0 Å². The molecular formula is C91H104ClI2N5O11. The van der Waals surface area contributed by atoms with Crippen LogP contribution in [0.1, 0.15) is 77.6 Å². The number of carbonyl (C=O) groups excluding carboxylic acids is 2. The van der Waals surface area contributed by atoms with Gasteiger partial charge in [0, 0.05) is 93.9 Å². The molecule has 0 spiro atoms. The number of ether oxygens (including phenoxy) is 7. The maximum absolute atomic E-state index is 13.2. The molecule has 14 rings (SSSR count). The first-order chi connectivity index (χ1) is 53.2. The van der Waals surface area contributed by atoms with Crippen molar-refractivity contribution in [2.75, 3.05) is 115 Å². The van der Waals surface area contributed by atoms with Crippen molar-refractivity contribution < 1.29 is 53.0 Å². The Hall–Kier alpha value is -8.71. The normalized spacial score (nSPS) is 15.1. The van der Waals surface area contributed by atoms with Crippen molar-refractivity contribution in [2.45, 2.75) is 82.2 Å². The van der Waals surface area contributed by atoms with Crippen LogP contribution >= 0.6 is 56.8 Å². The number of benzene rings is 10. The Bertz CT molecular complexity index is 4380. The lowest BCUT2D eigenvalue weighted by molar-refractivity contribution is 0.0942. The summed E-state index contributed by atoms with van der Waals surface area (Å²) in [6.07, 6.45) is 9.89. The molecule has 0 aromatic heterocycles. The number of carbonyl (C=O) groups is 2. The Balaban J connectivity index is 0.000000166. The molecular weight excluding hydrogens is 1630 g/mol. The number of likely N-dealkylation sites (tertiary alicyclic amines) is 4. The second kappa shape index (κ2) is 44.4. The summed E-state index contributed by atoms with van der Waals surface area (Å²) in [4.78, 5) is 33.8. The summed E-state index contributed by atoms with van der Waals surface area (Å²) in [6.45, 7) is 8.81. The molecule has 10 aromatic carbocycles. The highest BCUT2D eigenvalue weighted by Gasteiger charge is 2.22. The van der Waals surface area contributed by atoms with Crippen molar-refractivity contribution in [3.8, 4) is 90.5 Å². The Morgan fingerprint density at radius 2 is 0.736 bits per heavy atom. The van der Waals surface area contributed by atoms with E-state index in [0.29, 0.717) is 53.1 Å². The molecule has 4 aliphatic heterocycles. The standard InChI is InChI=1S/C34H35NO4.C18H22N2O.C15H13ClO3.C12H16INO.C6H5IO.C6H13NO/c1-35-19-17-30(18-20-35)39-29-14-11-26(12-15-29)25-9-7-24(8-10-25)21-33(36)28-13-16-34(38-3)32(23-28)27-5-4-6-31(22-27)37-2;1-20-12-10-18(11-13-20)21-17-8-4-15(5-9-17)14-2-6-16(19)7-3-14;1-18-12-5-3-4-10(8-12)13-9-11(15(16)17)6-7-14(13)19-2;1-14-8-6-12(7-9-14)15-11-4-2-10(13)3-5-11;7-5-1-3-6(8)4-2-5;1-7-4-2-6(8)3-5-7/h4-16,22-23,30H,17-21H2,1-3H3;2-9,18H,10-13,19H2,1H3;3-9H,1-2H3;2-5,12H,6-9H2,1H3;1-4,8H;6,8H,2-5H2,1H3. The number of aromatic hydroxyl groups is 1. The molecule has 4 aliphatic rings. The number of anilines is 1. The van der Waals surface area contributed by atoms with Gasteiger partial charge in [-0.2, -0.15) is 0 Å². The first kappa shape index (κ1) is 85.3. The van der Waals surface area contributed by atoms with Gasteiger partial charge in [-0.3, -0.25) is 9.59 Å².